The Balaban J connectivity index is 1.79. The summed E-state index contributed by atoms with van der Waals surface area (Å²) in [5, 5.41) is 3.49. The number of halogens is 1. The van der Waals surface area contributed by atoms with Gasteiger partial charge in [-0.05, 0) is 41.8 Å². The molecule has 0 radical (unpaired) electrons. The van der Waals surface area contributed by atoms with Crippen molar-refractivity contribution in [2.24, 2.45) is 0 Å². The van der Waals surface area contributed by atoms with Gasteiger partial charge in [0, 0.05) is 24.2 Å². The Kier molecular flexibility index (Phi) is 4.86. The number of fused-ring (bicyclic) bond motifs is 1. The number of rotatable bonds is 3. The van der Waals surface area contributed by atoms with Gasteiger partial charge in [-0.1, -0.05) is 35.9 Å². The summed E-state index contributed by atoms with van der Waals surface area (Å²) in [6, 6.07) is 14.8. The van der Waals surface area contributed by atoms with Crippen LogP contribution in [0.2, 0.25) is 5.02 Å². The van der Waals surface area contributed by atoms with Gasteiger partial charge in [0.1, 0.15) is 0 Å². The average Bonchev–Trinajstić information content (AvgIpc) is 2.57. The van der Waals surface area contributed by atoms with Crippen LogP contribution in [0.5, 0.6) is 0 Å². The highest BCUT2D eigenvalue weighted by Crippen LogP contribution is 2.32. The second kappa shape index (κ2) is 7.05. The van der Waals surface area contributed by atoms with Crippen LogP contribution in [-0.2, 0) is 16.0 Å². The molecule has 2 aromatic carbocycles. The molecule has 1 aliphatic heterocycles. The number of nitrogens with one attached hydrogen (secondary N) is 1. The first-order valence-electron chi connectivity index (χ1n) is 7.95. The van der Waals surface area contributed by atoms with E-state index in [1.54, 1.807) is 36.1 Å². The van der Waals surface area contributed by atoms with E-state index in [0.717, 1.165) is 12.0 Å². The Morgan fingerprint density at radius 1 is 1.17 bits per heavy atom. The molecule has 1 unspecified atom stereocenters. The molecule has 0 bridgehead atoms. The molecule has 1 heterocycles. The molecule has 1 atom stereocenters. The van der Waals surface area contributed by atoms with E-state index < -0.39 is 0 Å². The fourth-order valence-electron chi connectivity index (χ4n) is 3.17. The lowest BCUT2D eigenvalue weighted by atomic mass is 9.90. The van der Waals surface area contributed by atoms with Crippen molar-refractivity contribution in [1.82, 2.24) is 4.90 Å². The van der Waals surface area contributed by atoms with E-state index in [1.165, 1.54) is 5.56 Å². The van der Waals surface area contributed by atoms with Crippen molar-refractivity contribution >= 4 is 29.1 Å². The van der Waals surface area contributed by atoms with E-state index >= 15 is 0 Å². The van der Waals surface area contributed by atoms with E-state index in [4.69, 9.17) is 11.6 Å². The summed E-state index contributed by atoms with van der Waals surface area (Å²) in [5.74, 6) is -0.126. The highest BCUT2D eigenvalue weighted by Gasteiger charge is 2.30. The molecule has 0 fully saturated rings. The van der Waals surface area contributed by atoms with Crippen molar-refractivity contribution in [3.05, 3.63) is 64.7 Å². The van der Waals surface area contributed by atoms with Crippen LogP contribution in [0.1, 0.15) is 30.5 Å². The number of carbonyl (C=O) groups is 2. The smallest absolute Gasteiger partial charge is 0.226 e. The number of nitrogens with zero attached hydrogens (tertiary/aromatic N) is 1. The van der Waals surface area contributed by atoms with Gasteiger partial charge in [-0.25, -0.2) is 0 Å². The highest BCUT2D eigenvalue weighted by atomic mass is 35.5. The Hall–Kier alpha value is -2.33. The second-order valence-corrected chi connectivity index (χ2v) is 6.37. The van der Waals surface area contributed by atoms with Gasteiger partial charge in [-0.3, -0.25) is 9.59 Å². The SMILES string of the molecule is CC(=O)N1CCc2ccccc2C1CC(=O)Nc1ccc(Cl)cc1. The molecular weight excluding hydrogens is 324 g/mol. The van der Waals surface area contributed by atoms with Crippen molar-refractivity contribution in [2.75, 3.05) is 11.9 Å². The maximum atomic E-state index is 12.5. The van der Waals surface area contributed by atoms with Gasteiger partial charge in [-0.15, -0.1) is 0 Å². The monoisotopic (exact) mass is 342 g/mol. The lowest BCUT2D eigenvalue weighted by Crippen LogP contribution is -2.40. The normalized spacial score (nSPS) is 16.4. The minimum atomic E-state index is -0.222. The first-order chi connectivity index (χ1) is 11.5. The Labute approximate surface area is 146 Å². The van der Waals surface area contributed by atoms with E-state index in [-0.39, 0.29) is 24.3 Å². The zero-order valence-electron chi connectivity index (χ0n) is 13.5. The third-order valence-corrected chi connectivity index (χ3v) is 4.58. The van der Waals surface area contributed by atoms with Gasteiger partial charge >= 0.3 is 0 Å². The third kappa shape index (κ3) is 3.60. The van der Waals surface area contributed by atoms with Crippen molar-refractivity contribution in [3.63, 3.8) is 0 Å². The summed E-state index contributed by atoms with van der Waals surface area (Å²) in [5.41, 5.74) is 2.97. The summed E-state index contributed by atoms with van der Waals surface area (Å²) in [4.78, 5) is 26.2. The molecule has 124 valence electrons. The number of hydrogen-bond donors (Lipinski definition) is 1. The predicted octanol–water partition coefficient (Wildman–Crippen LogP) is 3.81. The number of hydrogen-bond acceptors (Lipinski definition) is 2. The number of carbonyl (C=O) groups excluding carboxylic acids is 2. The maximum absolute atomic E-state index is 12.5. The highest BCUT2D eigenvalue weighted by molar-refractivity contribution is 6.30. The van der Waals surface area contributed by atoms with Gasteiger partial charge < -0.3 is 10.2 Å². The molecule has 0 saturated heterocycles. The van der Waals surface area contributed by atoms with Crippen LogP contribution < -0.4 is 5.32 Å². The third-order valence-electron chi connectivity index (χ3n) is 4.32. The van der Waals surface area contributed by atoms with Crippen LogP contribution in [0.25, 0.3) is 0 Å². The van der Waals surface area contributed by atoms with Crippen molar-refractivity contribution in [1.29, 1.82) is 0 Å². The van der Waals surface area contributed by atoms with Gasteiger partial charge in [0.15, 0.2) is 0 Å². The standard InChI is InChI=1S/C19H19ClN2O2/c1-13(23)22-11-10-14-4-2-3-5-17(14)18(22)12-19(24)21-16-8-6-15(20)7-9-16/h2-9,18H,10-12H2,1H3,(H,21,24). The molecule has 0 spiro atoms. The Bertz CT molecular complexity index is 758. The van der Waals surface area contributed by atoms with Gasteiger partial charge in [-0.2, -0.15) is 0 Å². The number of anilines is 1. The van der Waals surface area contributed by atoms with Crippen LogP contribution in [0, 0.1) is 0 Å². The van der Waals surface area contributed by atoms with Gasteiger partial charge in [0.25, 0.3) is 0 Å². The topological polar surface area (TPSA) is 49.4 Å². The van der Waals surface area contributed by atoms with Crippen LogP contribution in [0.15, 0.2) is 48.5 Å². The molecular formula is C19H19ClN2O2. The molecule has 4 nitrogen and oxygen atoms in total. The van der Waals surface area contributed by atoms with Crippen molar-refractivity contribution in [3.8, 4) is 0 Å². The molecule has 2 aromatic rings. The van der Waals surface area contributed by atoms with Crippen LogP contribution in [-0.4, -0.2) is 23.3 Å². The zero-order chi connectivity index (χ0) is 17.1. The molecule has 0 aromatic heterocycles. The molecule has 5 heteroatoms. The first-order valence-corrected chi connectivity index (χ1v) is 8.33. The van der Waals surface area contributed by atoms with E-state index in [0.29, 0.717) is 17.3 Å². The fraction of sp³-hybridized carbons (Fsp3) is 0.263. The van der Waals surface area contributed by atoms with Crippen LogP contribution in [0.4, 0.5) is 5.69 Å². The quantitative estimate of drug-likeness (QED) is 0.922. The predicted molar refractivity (Wildman–Crippen MR) is 95.0 cm³/mol. The molecule has 1 N–H and O–H groups in total. The Morgan fingerprint density at radius 2 is 1.88 bits per heavy atom. The molecule has 0 saturated carbocycles. The lowest BCUT2D eigenvalue weighted by Gasteiger charge is -2.36. The molecule has 3 rings (SSSR count). The molecule has 0 aliphatic carbocycles. The van der Waals surface area contributed by atoms with E-state index in [1.807, 2.05) is 18.2 Å². The molecule has 1 aliphatic rings. The fourth-order valence-corrected chi connectivity index (χ4v) is 3.30. The lowest BCUT2D eigenvalue weighted by molar-refractivity contribution is -0.132. The Morgan fingerprint density at radius 3 is 2.58 bits per heavy atom. The van der Waals surface area contributed by atoms with E-state index in [2.05, 4.69) is 11.4 Å². The maximum Gasteiger partial charge on any atom is 0.226 e. The van der Waals surface area contributed by atoms with Crippen LogP contribution >= 0.6 is 11.6 Å². The summed E-state index contributed by atoms with van der Waals surface area (Å²) >= 11 is 5.86. The van der Waals surface area contributed by atoms with Gasteiger partial charge in [0.2, 0.25) is 11.8 Å². The minimum absolute atomic E-state index is 0.00574. The van der Waals surface area contributed by atoms with E-state index in [9.17, 15) is 9.59 Å². The van der Waals surface area contributed by atoms with Gasteiger partial charge in [0.05, 0.1) is 12.5 Å². The average molecular weight is 343 g/mol. The molecule has 24 heavy (non-hydrogen) atoms. The zero-order valence-corrected chi connectivity index (χ0v) is 14.2. The summed E-state index contributed by atoms with van der Waals surface area (Å²) in [6.07, 6.45) is 1.06. The minimum Gasteiger partial charge on any atom is -0.335 e. The number of amides is 2. The van der Waals surface area contributed by atoms with Crippen molar-refractivity contribution in [2.45, 2.75) is 25.8 Å². The largest absolute Gasteiger partial charge is 0.335 e. The van der Waals surface area contributed by atoms with Crippen LogP contribution in [0.3, 0.4) is 0 Å². The second-order valence-electron chi connectivity index (χ2n) is 5.94. The first kappa shape index (κ1) is 16.5. The summed E-state index contributed by atoms with van der Waals surface area (Å²) in [6.45, 7) is 2.20. The summed E-state index contributed by atoms with van der Waals surface area (Å²) < 4.78 is 0. The molecule has 2 amide bonds. The summed E-state index contributed by atoms with van der Waals surface area (Å²) in [7, 11) is 0. The number of benzene rings is 2. The van der Waals surface area contributed by atoms with Crippen molar-refractivity contribution < 1.29 is 9.59 Å².